The van der Waals surface area contributed by atoms with Crippen molar-refractivity contribution in [1.82, 2.24) is 19.5 Å². The zero-order chi connectivity index (χ0) is 25.6. The second kappa shape index (κ2) is 9.59. The van der Waals surface area contributed by atoms with Crippen molar-refractivity contribution < 1.29 is 18.0 Å². The Morgan fingerprint density at radius 1 is 1.11 bits per heavy atom. The summed E-state index contributed by atoms with van der Waals surface area (Å²) in [5.41, 5.74) is 6.73. The molecule has 1 unspecified atom stereocenters. The number of benzene rings is 1. The van der Waals surface area contributed by atoms with Crippen LogP contribution in [0.25, 0.3) is 11.2 Å². The lowest BCUT2D eigenvalue weighted by atomic mass is 9.85. The number of carbonyl (C=O) groups is 1. The van der Waals surface area contributed by atoms with Crippen molar-refractivity contribution in [3.8, 4) is 0 Å². The average molecular weight is 542 g/mol. The Hall–Kier alpha value is -2.79. The number of rotatable bonds is 6. The molecule has 3 aromatic rings. The first kappa shape index (κ1) is 24.9. The Balaban J connectivity index is 1.52. The summed E-state index contributed by atoms with van der Waals surface area (Å²) in [7, 11) is 0. The molecule has 0 aliphatic heterocycles. The summed E-state index contributed by atoms with van der Waals surface area (Å²) in [6.45, 7) is 0. The number of imidazole rings is 1. The fraction of sp³-hybridized carbons (Fsp3) is 0.478. The molecular formula is C23H24Cl2F3N7O. The SMILES string of the molecule is NC(=O)C1CCC(n2c(Nc3c(Cl)cc(F)cc3Cl)nc3cnc(NC4CCC(F)(F)C4)nc32)CC1. The van der Waals surface area contributed by atoms with Gasteiger partial charge in [0.2, 0.25) is 23.7 Å². The fourth-order valence-corrected chi connectivity index (χ4v) is 5.60. The van der Waals surface area contributed by atoms with E-state index in [1.165, 1.54) is 6.20 Å². The van der Waals surface area contributed by atoms with Gasteiger partial charge in [-0.1, -0.05) is 23.2 Å². The molecule has 2 heterocycles. The maximum absolute atomic E-state index is 13.7. The van der Waals surface area contributed by atoms with Crippen LogP contribution in [0.15, 0.2) is 18.3 Å². The topological polar surface area (TPSA) is 111 Å². The summed E-state index contributed by atoms with van der Waals surface area (Å²) in [5, 5.41) is 6.27. The lowest BCUT2D eigenvalue weighted by molar-refractivity contribution is -0.122. The van der Waals surface area contributed by atoms with Gasteiger partial charge in [0.25, 0.3) is 0 Å². The summed E-state index contributed by atoms with van der Waals surface area (Å²) in [4.78, 5) is 25.2. The highest BCUT2D eigenvalue weighted by Crippen LogP contribution is 2.40. The van der Waals surface area contributed by atoms with E-state index < -0.39 is 17.8 Å². The molecule has 1 amide bonds. The van der Waals surface area contributed by atoms with E-state index in [1.807, 2.05) is 4.57 Å². The van der Waals surface area contributed by atoms with Crippen molar-refractivity contribution in [2.75, 3.05) is 10.6 Å². The van der Waals surface area contributed by atoms with Gasteiger partial charge in [0.15, 0.2) is 5.65 Å². The van der Waals surface area contributed by atoms with Gasteiger partial charge in [-0.15, -0.1) is 0 Å². The molecule has 13 heteroatoms. The van der Waals surface area contributed by atoms with Gasteiger partial charge in [-0.05, 0) is 44.2 Å². The number of fused-ring (bicyclic) bond motifs is 1. The van der Waals surface area contributed by atoms with Crippen LogP contribution in [-0.4, -0.2) is 37.4 Å². The molecule has 5 rings (SSSR count). The van der Waals surface area contributed by atoms with E-state index in [4.69, 9.17) is 28.9 Å². The number of alkyl halides is 2. The number of primary amides is 1. The zero-order valence-corrected chi connectivity index (χ0v) is 20.6. The Kier molecular flexibility index (Phi) is 6.63. The maximum Gasteiger partial charge on any atom is 0.250 e. The highest BCUT2D eigenvalue weighted by Gasteiger charge is 2.39. The number of carbonyl (C=O) groups excluding carboxylic acids is 1. The van der Waals surface area contributed by atoms with E-state index in [0.29, 0.717) is 49.2 Å². The minimum Gasteiger partial charge on any atom is -0.369 e. The summed E-state index contributed by atoms with van der Waals surface area (Å²) >= 11 is 12.5. The highest BCUT2D eigenvalue weighted by atomic mass is 35.5. The van der Waals surface area contributed by atoms with Crippen molar-refractivity contribution in [2.24, 2.45) is 11.7 Å². The minimum absolute atomic E-state index is 0.0756. The summed E-state index contributed by atoms with van der Waals surface area (Å²) < 4.78 is 42.9. The lowest BCUT2D eigenvalue weighted by Crippen LogP contribution is -2.29. The minimum atomic E-state index is -2.70. The van der Waals surface area contributed by atoms with Crippen molar-refractivity contribution in [2.45, 2.75) is 63.0 Å². The number of nitrogens with one attached hydrogen (secondary N) is 2. The fourth-order valence-electron chi connectivity index (χ4n) is 5.04. The largest absolute Gasteiger partial charge is 0.369 e. The van der Waals surface area contributed by atoms with E-state index in [-0.39, 0.29) is 52.4 Å². The normalized spacial score (nSPS) is 23.6. The van der Waals surface area contributed by atoms with Crippen LogP contribution in [0.1, 0.15) is 51.0 Å². The molecule has 4 N–H and O–H groups in total. The van der Waals surface area contributed by atoms with Crippen molar-refractivity contribution in [3.63, 3.8) is 0 Å². The molecule has 2 saturated carbocycles. The first-order valence-corrected chi connectivity index (χ1v) is 12.5. The Morgan fingerprint density at radius 2 is 1.81 bits per heavy atom. The third kappa shape index (κ3) is 5.04. The van der Waals surface area contributed by atoms with Crippen LogP contribution in [0, 0.1) is 11.7 Å². The number of amides is 1. The number of hydrogen-bond donors (Lipinski definition) is 3. The van der Waals surface area contributed by atoms with Crippen molar-refractivity contribution >= 4 is 57.9 Å². The number of anilines is 3. The number of halogens is 5. The van der Waals surface area contributed by atoms with E-state index in [0.717, 1.165) is 12.1 Å². The first-order chi connectivity index (χ1) is 17.1. The van der Waals surface area contributed by atoms with Gasteiger partial charge in [0.1, 0.15) is 11.3 Å². The van der Waals surface area contributed by atoms with Crippen LogP contribution in [-0.2, 0) is 4.79 Å². The van der Waals surface area contributed by atoms with E-state index in [9.17, 15) is 18.0 Å². The van der Waals surface area contributed by atoms with Crippen LogP contribution in [0.2, 0.25) is 10.0 Å². The van der Waals surface area contributed by atoms with Crippen LogP contribution in [0.3, 0.4) is 0 Å². The molecule has 8 nitrogen and oxygen atoms in total. The Labute approximate surface area is 214 Å². The molecule has 0 saturated heterocycles. The van der Waals surface area contributed by atoms with Gasteiger partial charge in [-0.3, -0.25) is 9.36 Å². The zero-order valence-electron chi connectivity index (χ0n) is 19.1. The Bertz CT molecular complexity index is 1290. The monoisotopic (exact) mass is 541 g/mol. The lowest BCUT2D eigenvalue weighted by Gasteiger charge is -2.29. The number of nitrogens with zero attached hydrogens (tertiary/aromatic N) is 4. The van der Waals surface area contributed by atoms with Gasteiger partial charge < -0.3 is 16.4 Å². The second-order valence-electron chi connectivity index (χ2n) is 9.43. The van der Waals surface area contributed by atoms with E-state index in [1.54, 1.807) is 0 Å². The molecule has 0 radical (unpaired) electrons. The average Bonchev–Trinajstić information content (AvgIpc) is 3.34. The summed E-state index contributed by atoms with van der Waals surface area (Å²) in [6, 6.07) is 1.75. The highest BCUT2D eigenvalue weighted by molar-refractivity contribution is 6.39. The molecule has 1 atom stereocenters. The molecule has 2 aromatic heterocycles. The molecule has 2 aliphatic rings. The Morgan fingerprint density at radius 3 is 2.42 bits per heavy atom. The number of nitrogens with two attached hydrogens (primary N) is 1. The van der Waals surface area contributed by atoms with Crippen molar-refractivity contribution in [1.29, 1.82) is 0 Å². The summed E-state index contributed by atoms with van der Waals surface area (Å²) in [6.07, 6.45) is 3.86. The molecular weight excluding hydrogens is 518 g/mol. The third-order valence-electron chi connectivity index (χ3n) is 6.88. The van der Waals surface area contributed by atoms with E-state index >= 15 is 0 Å². The van der Waals surface area contributed by atoms with Gasteiger partial charge in [-0.2, -0.15) is 4.98 Å². The van der Waals surface area contributed by atoms with E-state index in [2.05, 4.69) is 25.6 Å². The van der Waals surface area contributed by atoms with Gasteiger partial charge in [0, 0.05) is 30.8 Å². The standard InChI is InChI=1S/C23H24Cl2F3N7O/c24-15-7-12(26)8-16(25)18(15)33-22-32-17-10-30-21(31-13-5-6-23(27,28)9-13)34-20(17)35(22)14-3-1-11(2-4-14)19(29)36/h7-8,10-11,13-14H,1-6,9H2,(H2,29,36)(H,32,33)(H,30,31,34). The molecule has 192 valence electrons. The van der Waals surface area contributed by atoms with Crippen LogP contribution >= 0.6 is 23.2 Å². The first-order valence-electron chi connectivity index (χ1n) is 11.7. The quantitative estimate of drug-likeness (QED) is 0.362. The van der Waals surface area contributed by atoms with Gasteiger partial charge in [0.05, 0.1) is 21.9 Å². The van der Waals surface area contributed by atoms with Crippen LogP contribution < -0.4 is 16.4 Å². The predicted octanol–water partition coefficient (Wildman–Crippen LogP) is 5.83. The number of hydrogen-bond acceptors (Lipinski definition) is 6. The molecule has 36 heavy (non-hydrogen) atoms. The molecule has 2 fully saturated rings. The molecule has 0 spiro atoms. The van der Waals surface area contributed by atoms with Crippen LogP contribution in [0.4, 0.5) is 30.8 Å². The second-order valence-corrected chi connectivity index (χ2v) is 10.2. The van der Waals surface area contributed by atoms with Gasteiger partial charge >= 0.3 is 0 Å². The molecule has 0 bridgehead atoms. The number of aromatic nitrogens is 4. The molecule has 2 aliphatic carbocycles. The summed E-state index contributed by atoms with van der Waals surface area (Å²) in [5.74, 6) is -3.22. The maximum atomic E-state index is 13.7. The molecule has 1 aromatic carbocycles. The smallest absolute Gasteiger partial charge is 0.250 e. The van der Waals surface area contributed by atoms with Gasteiger partial charge in [-0.25, -0.2) is 23.1 Å². The van der Waals surface area contributed by atoms with Crippen molar-refractivity contribution in [3.05, 3.63) is 34.2 Å². The van der Waals surface area contributed by atoms with Crippen LogP contribution in [0.5, 0.6) is 0 Å². The predicted molar refractivity (Wildman–Crippen MR) is 131 cm³/mol. The third-order valence-corrected chi connectivity index (χ3v) is 7.47.